The zero-order valence-corrected chi connectivity index (χ0v) is 9.54. The second-order valence-corrected chi connectivity index (χ2v) is 4.20. The van der Waals surface area contributed by atoms with Crippen molar-refractivity contribution in [2.45, 2.75) is 11.9 Å². The van der Waals surface area contributed by atoms with Crippen LogP contribution in [0.3, 0.4) is 0 Å². The first-order valence-corrected chi connectivity index (χ1v) is 5.77. The minimum atomic E-state index is -0.0185. The summed E-state index contributed by atoms with van der Waals surface area (Å²) in [6.07, 6.45) is 3.08. The molecule has 2 N–H and O–H groups in total. The zero-order valence-electron chi connectivity index (χ0n) is 8.73. The Morgan fingerprint density at radius 3 is 3.19 bits per heavy atom. The van der Waals surface area contributed by atoms with Crippen molar-refractivity contribution in [3.8, 4) is 0 Å². The Morgan fingerprint density at radius 2 is 2.38 bits per heavy atom. The first-order chi connectivity index (χ1) is 7.77. The number of nitrogens with zero attached hydrogens (tertiary/aromatic N) is 3. The van der Waals surface area contributed by atoms with Gasteiger partial charge in [-0.2, -0.15) is 0 Å². The fraction of sp³-hybridized carbons (Fsp3) is 0.333. The lowest BCUT2D eigenvalue weighted by Gasteiger charge is -2.02. The van der Waals surface area contributed by atoms with Crippen LogP contribution in [-0.2, 0) is 4.79 Å². The summed E-state index contributed by atoms with van der Waals surface area (Å²) >= 11 is 1.56. The molecule has 0 bridgehead atoms. The molecule has 0 saturated heterocycles. The van der Waals surface area contributed by atoms with Gasteiger partial charge in [-0.1, -0.05) is 0 Å². The van der Waals surface area contributed by atoms with Crippen LogP contribution in [0.4, 0.5) is 0 Å². The molecule has 1 amide bonds. The Kier molecular flexibility index (Phi) is 3.35. The number of aromatic nitrogens is 4. The summed E-state index contributed by atoms with van der Waals surface area (Å²) in [7, 11) is 0. The number of imidazole rings is 1. The van der Waals surface area contributed by atoms with Gasteiger partial charge in [0.2, 0.25) is 5.91 Å². The number of hydrogen-bond donors (Lipinski definition) is 2. The number of aromatic amines is 1. The summed E-state index contributed by atoms with van der Waals surface area (Å²) in [4.78, 5) is 25.9. The van der Waals surface area contributed by atoms with Crippen LogP contribution in [-0.4, -0.2) is 38.1 Å². The van der Waals surface area contributed by atoms with E-state index in [0.29, 0.717) is 12.2 Å². The van der Waals surface area contributed by atoms with Crippen LogP contribution in [0, 0.1) is 0 Å². The molecule has 2 rings (SSSR count). The van der Waals surface area contributed by atoms with Crippen LogP contribution in [0.2, 0.25) is 0 Å². The van der Waals surface area contributed by atoms with Crippen LogP contribution < -0.4 is 5.32 Å². The van der Waals surface area contributed by atoms with Gasteiger partial charge in [-0.15, -0.1) is 11.8 Å². The van der Waals surface area contributed by atoms with Crippen molar-refractivity contribution >= 4 is 28.8 Å². The molecule has 0 aliphatic rings. The number of amides is 1. The predicted octanol–water partition coefficient (Wildman–Crippen LogP) is 0.581. The molecule has 0 saturated carbocycles. The molecule has 0 spiro atoms. The smallest absolute Gasteiger partial charge is 0.216 e. The van der Waals surface area contributed by atoms with Crippen molar-refractivity contribution in [3.05, 3.63) is 12.7 Å². The number of rotatable bonds is 4. The molecule has 0 aliphatic heterocycles. The second-order valence-electron chi connectivity index (χ2n) is 3.11. The highest BCUT2D eigenvalue weighted by Crippen LogP contribution is 2.20. The van der Waals surface area contributed by atoms with Gasteiger partial charge in [0.15, 0.2) is 5.65 Å². The van der Waals surface area contributed by atoms with Gasteiger partial charge in [0.05, 0.1) is 6.33 Å². The van der Waals surface area contributed by atoms with Gasteiger partial charge >= 0.3 is 0 Å². The Bertz CT molecular complexity index is 497. The minimum absolute atomic E-state index is 0.0185. The minimum Gasteiger partial charge on any atom is -0.356 e. The maximum absolute atomic E-state index is 10.7. The lowest BCUT2D eigenvalue weighted by atomic mass is 10.6. The van der Waals surface area contributed by atoms with E-state index in [1.165, 1.54) is 13.3 Å². The van der Waals surface area contributed by atoms with Crippen molar-refractivity contribution < 1.29 is 4.79 Å². The van der Waals surface area contributed by atoms with Gasteiger partial charge in [0.25, 0.3) is 0 Å². The maximum Gasteiger partial charge on any atom is 0.216 e. The topological polar surface area (TPSA) is 83.6 Å². The molecule has 0 atom stereocenters. The number of hydrogen-bond acceptors (Lipinski definition) is 5. The fourth-order valence-electron chi connectivity index (χ4n) is 1.23. The molecule has 2 aromatic heterocycles. The summed E-state index contributed by atoms with van der Waals surface area (Å²) in [5.74, 6) is 0.750. The molecule has 2 aromatic rings. The van der Waals surface area contributed by atoms with E-state index in [4.69, 9.17) is 0 Å². The highest BCUT2D eigenvalue weighted by atomic mass is 32.2. The van der Waals surface area contributed by atoms with Crippen LogP contribution in [0.1, 0.15) is 6.92 Å². The van der Waals surface area contributed by atoms with E-state index in [2.05, 4.69) is 25.3 Å². The lowest BCUT2D eigenvalue weighted by Crippen LogP contribution is -2.22. The summed E-state index contributed by atoms with van der Waals surface area (Å²) in [6, 6.07) is 0. The number of H-pyrrole nitrogens is 1. The Morgan fingerprint density at radius 1 is 1.50 bits per heavy atom. The molecule has 0 aromatic carbocycles. The summed E-state index contributed by atoms with van der Waals surface area (Å²) in [5.41, 5.74) is 1.51. The lowest BCUT2D eigenvalue weighted by molar-refractivity contribution is -0.118. The largest absolute Gasteiger partial charge is 0.356 e. The quantitative estimate of drug-likeness (QED) is 0.461. The first-order valence-electron chi connectivity index (χ1n) is 4.78. The van der Waals surface area contributed by atoms with E-state index in [-0.39, 0.29) is 5.91 Å². The summed E-state index contributed by atoms with van der Waals surface area (Å²) < 4.78 is 0. The van der Waals surface area contributed by atoms with Crippen LogP contribution in [0.25, 0.3) is 11.2 Å². The number of carbonyl (C=O) groups is 1. The third-order valence-corrected chi connectivity index (χ3v) is 2.89. The van der Waals surface area contributed by atoms with E-state index < -0.39 is 0 Å². The highest BCUT2D eigenvalue weighted by molar-refractivity contribution is 7.99. The molecule has 6 nitrogen and oxygen atoms in total. The average molecular weight is 237 g/mol. The van der Waals surface area contributed by atoms with Gasteiger partial charge in [0, 0.05) is 19.2 Å². The maximum atomic E-state index is 10.7. The molecule has 7 heteroatoms. The molecule has 0 radical (unpaired) electrons. The Labute approximate surface area is 96.3 Å². The van der Waals surface area contributed by atoms with Crippen molar-refractivity contribution in [2.75, 3.05) is 12.3 Å². The van der Waals surface area contributed by atoms with E-state index in [0.717, 1.165) is 16.3 Å². The van der Waals surface area contributed by atoms with Gasteiger partial charge in [-0.3, -0.25) is 4.79 Å². The molecule has 2 heterocycles. The Hall–Kier alpha value is -1.63. The number of carbonyl (C=O) groups excluding carboxylic acids is 1. The molecule has 84 valence electrons. The summed E-state index contributed by atoms with van der Waals surface area (Å²) in [5, 5.41) is 3.58. The summed E-state index contributed by atoms with van der Waals surface area (Å²) in [6.45, 7) is 2.13. The molecular formula is C9H11N5OS. The van der Waals surface area contributed by atoms with Crippen molar-refractivity contribution in [3.63, 3.8) is 0 Å². The van der Waals surface area contributed by atoms with Gasteiger partial charge in [-0.25, -0.2) is 15.0 Å². The van der Waals surface area contributed by atoms with Crippen molar-refractivity contribution in [2.24, 2.45) is 0 Å². The predicted molar refractivity (Wildman–Crippen MR) is 61.1 cm³/mol. The fourth-order valence-corrected chi connectivity index (χ4v) is 2.04. The second kappa shape index (κ2) is 4.93. The van der Waals surface area contributed by atoms with E-state index >= 15 is 0 Å². The highest BCUT2D eigenvalue weighted by Gasteiger charge is 2.05. The molecule has 0 unspecified atom stereocenters. The standard InChI is InChI=1S/C9H11N5OS/c1-6(15)10-2-3-16-9-7-8(12-4-11-7)13-5-14-9/h4-5H,2-3H2,1H3,(H,10,15)(H,11,12,13,14). The normalized spacial score (nSPS) is 10.6. The Balaban J connectivity index is 1.98. The molecular weight excluding hydrogens is 226 g/mol. The monoisotopic (exact) mass is 237 g/mol. The number of thioether (sulfide) groups is 1. The van der Waals surface area contributed by atoms with Crippen LogP contribution >= 0.6 is 11.8 Å². The van der Waals surface area contributed by atoms with E-state index in [1.54, 1.807) is 18.1 Å². The number of fused-ring (bicyclic) bond motifs is 1. The van der Waals surface area contributed by atoms with Crippen LogP contribution in [0.5, 0.6) is 0 Å². The molecule has 0 aliphatic carbocycles. The van der Waals surface area contributed by atoms with Crippen LogP contribution in [0.15, 0.2) is 17.7 Å². The van der Waals surface area contributed by atoms with Crippen molar-refractivity contribution in [1.29, 1.82) is 0 Å². The third-order valence-electron chi connectivity index (χ3n) is 1.90. The number of nitrogens with one attached hydrogen (secondary N) is 2. The SMILES string of the molecule is CC(=O)NCCSc1ncnc2nc[nH]c12. The zero-order chi connectivity index (χ0) is 11.4. The van der Waals surface area contributed by atoms with Gasteiger partial charge < -0.3 is 10.3 Å². The van der Waals surface area contributed by atoms with Gasteiger partial charge in [-0.05, 0) is 0 Å². The van der Waals surface area contributed by atoms with E-state index in [9.17, 15) is 4.79 Å². The van der Waals surface area contributed by atoms with E-state index in [1.807, 2.05) is 0 Å². The van der Waals surface area contributed by atoms with Gasteiger partial charge in [0.1, 0.15) is 16.9 Å². The molecule has 16 heavy (non-hydrogen) atoms. The molecule has 0 fully saturated rings. The van der Waals surface area contributed by atoms with Crippen molar-refractivity contribution in [1.82, 2.24) is 25.3 Å². The average Bonchev–Trinajstić information content (AvgIpc) is 2.72. The first kappa shape index (κ1) is 10.9. The third kappa shape index (κ3) is 2.48.